The Morgan fingerprint density at radius 2 is 1.40 bits per heavy atom. The summed E-state index contributed by atoms with van der Waals surface area (Å²) in [4.78, 5) is 0. The van der Waals surface area contributed by atoms with Crippen molar-refractivity contribution in [2.45, 2.75) is 97.8 Å². The van der Waals surface area contributed by atoms with E-state index in [1.54, 1.807) is 12.8 Å². The van der Waals surface area contributed by atoms with Crippen LogP contribution in [0.4, 0.5) is 0 Å². The van der Waals surface area contributed by atoms with Gasteiger partial charge >= 0.3 is 0 Å². The van der Waals surface area contributed by atoms with E-state index < -0.39 is 0 Å². The van der Waals surface area contributed by atoms with Crippen LogP contribution in [-0.2, 0) is 0 Å². The number of hydrogen-bond acceptors (Lipinski definition) is 0. The van der Waals surface area contributed by atoms with Crippen LogP contribution >= 0.6 is 0 Å². The van der Waals surface area contributed by atoms with E-state index in [2.05, 4.69) is 20.8 Å². The molecule has 0 bridgehead atoms. The van der Waals surface area contributed by atoms with Crippen molar-refractivity contribution >= 4 is 0 Å². The Labute approximate surface area is 128 Å². The summed E-state index contributed by atoms with van der Waals surface area (Å²) in [5.74, 6) is 5.19. The van der Waals surface area contributed by atoms with Crippen molar-refractivity contribution in [1.82, 2.24) is 0 Å². The van der Waals surface area contributed by atoms with Gasteiger partial charge in [0.05, 0.1) is 0 Å². The summed E-state index contributed by atoms with van der Waals surface area (Å²) >= 11 is 0. The van der Waals surface area contributed by atoms with Gasteiger partial charge in [0.15, 0.2) is 0 Å². The first-order valence-corrected chi connectivity index (χ1v) is 9.72. The molecule has 0 heterocycles. The van der Waals surface area contributed by atoms with Crippen LogP contribution in [-0.4, -0.2) is 0 Å². The average Bonchev–Trinajstić information content (AvgIpc) is 3.19. The fourth-order valence-electron chi connectivity index (χ4n) is 4.63. The molecule has 118 valence electrons. The summed E-state index contributed by atoms with van der Waals surface area (Å²) in [6.45, 7) is 7.37. The summed E-state index contributed by atoms with van der Waals surface area (Å²) in [5, 5.41) is 0. The second-order valence-corrected chi connectivity index (χ2v) is 8.12. The molecule has 0 radical (unpaired) electrons. The molecule has 4 atom stereocenters. The maximum atomic E-state index is 2.46. The molecule has 0 aromatic heterocycles. The van der Waals surface area contributed by atoms with E-state index in [0.717, 1.165) is 29.6 Å². The molecule has 2 aliphatic carbocycles. The van der Waals surface area contributed by atoms with Crippen LogP contribution in [0.25, 0.3) is 0 Å². The molecule has 0 aliphatic heterocycles. The molecule has 0 nitrogen and oxygen atoms in total. The second-order valence-electron chi connectivity index (χ2n) is 8.12. The highest BCUT2D eigenvalue weighted by atomic mass is 14.5. The Kier molecular flexibility index (Phi) is 6.91. The highest BCUT2D eigenvalue weighted by molar-refractivity contribution is 4.91. The first-order chi connectivity index (χ1) is 9.72. The molecule has 2 rings (SSSR count). The van der Waals surface area contributed by atoms with Gasteiger partial charge < -0.3 is 0 Å². The van der Waals surface area contributed by atoms with Crippen molar-refractivity contribution < 1.29 is 0 Å². The van der Waals surface area contributed by atoms with Crippen molar-refractivity contribution in [2.75, 3.05) is 0 Å². The third-order valence-electron chi connectivity index (χ3n) is 6.31. The summed E-state index contributed by atoms with van der Waals surface area (Å²) in [5.41, 5.74) is 0. The van der Waals surface area contributed by atoms with Crippen molar-refractivity contribution in [3.8, 4) is 0 Å². The Hall–Kier alpha value is 0. The molecule has 2 saturated carbocycles. The van der Waals surface area contributed by atoms with Gasteiger partial charge in [-0.1, -0.05) is 85.0 Å². The topological polar surface area (TPSA) is 0 Å². The van der Waals surface area contributed by atoms with Gasteiger partial charge in [0, 0.05) is 0 Å². The van der Waals surface area contributed by atoms with E-state index in [-0.39, 0.29) is 0 Å². The van der Waals surface area contributed by atoms with Gasteiger partial charge in [-0.2, -0.15) is 0 Å². The summed E-state index contributed by atoms with van der Waals surface area (Å²) in [6, 6.07) is 0. The van der Waals surface area contributed by atoms with Crippen LogP contribution in [0.15, 0.2) is 0 Å². The van der Waals surface area contributed by atoms with E-state index in [0.29, 0.717) is 0 Å². The predicted molar refractivity (Wildman–Crippen MR) is 89.9 cm³/mol. The predicted octanol–water partition coefficient (Wildman–Crippen LogP) is 6.84. The molecule has 0 N–H and O–H groups in total. The zero-order valence-corrected chi connectivity index (χ0v) is 14.4. The van der Waals surface area contributed by atoms with Gasteiger partial charge in [0.2, 0.25) is 0 Å². The lowest BCUT2D eigenvalue weighted by Crippen LogP contribution is -2.16. The molecule has 0 amide bonds. The van der Waals surface area contributed by atoms with Gasteiger partial charge in [-0.15, -0.1) is 0 Å². The smallest absolute Gasteiger partial charge is 0.0355 e. The monoisotopic (exact) mass is 278 g/mol. The lowest BCUT2D eigenvalue weighted by atomic mass is 9.79. The fourth-order valence-corrected chi connectivity index (χ4v) is 4.63. The Balaban J connectivity index is 1.89. The third-order valence-corrected chi connectivity index (χ3v) is 6.31. The first kappa shape index (κ1) is 16.4. The lowest BCUT2D eigenvalue weighted by Gasteiger charge is -2.26. The maximum absolute atomic E-state index is 2.46. The van der Waals surface area contributed by atoms with Crippen LogP contribution in [0.5, 0.6) is 0 Å². The number of hydrogen-bond donors (Lipinski definition) is 0. The molecule has 2 aliphatic rings. The zero-order chi connectivity index (χ0) is 14.4. The van der Waals surface area contributed by atoms with Crippen molar-refractivity contribution in [3.05, 3.63) is 0 Å². The molecular weight excluding hydrogens is 240 g/mol. The zero-order valence-electron chi connectivity index (χ0n) is 14.4. The highest BCUT2D eigenvalue weighted by Crippen LogP contribution is 2.51. The minimum Gasteiger partial charge on any atom is -0.0651 e. The van der Waals surface area contributed by atoms with E-state index >= 15 is 0 Å². The van der Waals surface area contributed by atoms with Crippen molar-refractivity contribution in [1.29, 1.82) is 0 Å². The number of fused-ring (bicyclic) bond motifs is 1. The minimum atomic E-state index is 0.897. The van der Waals surface area contributed by atoms with Gasteiger partial charge in [-0.25, -0.2) is 0 Å². The lowest BCUT2D eigenvalue weighted by molar-refractivity contribution is 0.244. The third kappa shape index (κ3) is 5.08. The molecular formula is C20H38. The summed E-state index contributed by atoms with van der Waals surface area (Å²) in [7, 11) is 0. The Morgan fingerprint density at radius 3 is 2.00 bits per heavy atom. The van der Waals surface area contributed by atoms with Crippen LogP contribution < -0.4 is 0 Å². The van der Waals surface area contributed by atoms with Crippen molar-refractivity contribution in [3.63, 3.8) is 0 Å². The first-order valence-electron chi connectivity index (χ1n) is 9.72. The van der Waals surface area contributed by atoms with Crippen LogP contribution in [0.1, 0.15) is 97.8 Å². The molecule has 0 aromatic rings. The highest BCUT2D eigenvalue weighted by Gasteiger charge is 2.41. The quantitative estimate of drug-likeness (QED) is 0.519. The maximum Gasteiger partial charge on any atom is -0.0355 e. The van der Waals surface area contributed by atoms with E-state index in [1.807, 2.05) is 0 Å². The minimum absolute atomic E-state index is 0.897. The van der Waals surface area contributed by atoms with Gasteiger partial charge in [0.1, 0.15) is 0 Å². The largest absolute Gasteiger partial charge is 0.0651 e. The number of rotatable bonds is 2. The van der Waals surface area contributed by atoms with E-state index in [1.165, 1.54) is 64.2 Å². The molecule has 0 spiro atoms. The van der Waals surface area contributed by atoms with Gasteiger partial charge in [-0.05, 0) is 42.4 Å². The van der Waals surface area contributed by atoms with Crippen LogP contribution in [0, 0.1) is 29.6 Å². The van der Waals surface area contributed by atoms with Crippen LogP contribution in [0.3, 0.4) is 0 Å². The molecule has 0 heteroatoms. The van der Waals surface area contributed by atoms with Gasteiger partial charge in [-0.3, -0.25) is 0 Å². The average molecular weight is 279 g/mol. The summed E-state index contributed by atoms with van der Waals surface area (Å²) < 4.78 is 0. The normalized spacial score (nSPS) is 37.2. The summed E-state index contributed by atoms with van der Waals surface area (Å²) in [6.07, 6.45) is 18.1. The van der Waals surface area contributed by atoms with Gasteiger partial charge in [0.25, 0.3) is 0 Å². The van der Waals surface area contributed by atoms with Crippen molar-refractivity contribution in [2.24, 2.45) is 29.6 Å². The second kappa shape index (κ2) is 8.44. The standard InChI is InChI=1S/C20H38/c1-4-17-14-18(16(2)3)12-10-8-6-5-7-9-11-13-19-15-20(17)19/h16-20H,4-15H2,1-3H3. The molecule has 0 aromatic carbocycles. The molecule has 2 fully saturated rings. The van der Waals surface area contributed by atoms with Crippen LogP contribution in [0.2, 0.25) is 0 Å². The Morgan fingerprint density at radius 1 is 0.800 bits per heavy atom. The van der Waals surface area contributed by atoms with E-state index in [4.69, 9.17) is 0 Å². The molecule has 0 saturated heterocycles. The Bertz CT molecular complexity index is 255. The SMILES string of the molecule is CCC1CC(C(C)C)CCCCCCCCCC2CC12. The fraction of sp³-hybridized carbons (Fsp3) is 1.00. The van der Waals surface area contributed by atoms with E-state index in [9.17, 15) is 0 Å². The molecule has 20 heavy (non-hydrogen) atoms. The molecule has 4 unspecified atom stereocenters.